The molecule has 1 aliphatic carbocycles. The normalized spacial score (nSPS) is 22.3. The number of hydrogen-bond donors (Lipinski definition) is 3. The van der Waals surface area contributed by atoms with Gasteiger partial charge >= 0.3 is 0 Å². The van der Waals surface area contributed by atoms with Crippen LogP contribution in [0.15, 0.2) is 18.2 Å². The van der Waals surface area contributed by atoms with Crippen molar-refractivity contribution in [1.82, 2.24) is 5.32 Å². The van der Waals surface area contributed by atoms with Crippen molar-refractivity contribution >= 4 is 5.91 Å². The maximum Gasteiger partial charge on any atom is 0.251 e. The minimum Gasteiger partial charge on any atom is -0.504 e. The number of methoxy groups -OCH3 is 1. The number of phenols is 1. The maximum atomic E-state index is 12.0. The van der Waals surface area contributed by atoms with Gasteiger partial charge in [-0.3, -0.25) is 4.79 Å². The van der Waals surface area contributed by atoms with Crippen LogP contribution in [0.1, 0.15) is 36.0 Å². The molecule has 0 aromatic heterocycles. The second-order valence-corrected chi connectivity index (χ2v) is 5.21. The van der Waals surface area contributed by atoms with E-state index < -0.39 is 0 Å². The van der Waals surface area contributed by atoms with Gasteiger partial charge in [0.05, 0.1) is 13.2 Å². The lowest BCUT2D eigenvalue weighted by atomic mass is 9.86. The molecule has 1 aromatic carbocycles. The van der Waals surface area contributed by atoms with Crippen molar-refractivity contribution in [3.8, 4) is 11.5 Å². The van der Waals surface area contributed by atoms with E-state index in [1.165, 1.54) is 13.2 Å². The smallest absolute Gasteiger partial charge is 0.251 e. The molecule has 2 unspecified atom stereocenters. The molecule has 0 saturated heterocycles. The largest absolute Gasteiger partial charge is 0.504 e. The Kier molecular flexibility index (Phi) is 4.84. The zero-order chi connectivity index (χ0) is 14.5. The lowest BCUT2D eigenvalue weighted by Crippen LogP contribution is -2.36. The highest BCUT2D eigenvalue weighted by Crippen LogP contribution is 2.26. The molecule has 2 atom stereocenters. The number of amides is 1. The van der Waals surface area contributed by atoms with E-state index >= 15 is 0 Å². The Bertz CT molecular complexity index is 475. The van der Waals surface area contributed by atoms with E-state index in [-0.39, 0.29) is 23.7 Å². The molecule has 0 spiro atoms. The predicted octanol–water partition coefficient (Wildman–Crippen LogP) is 1.68. The van der Waals surface area contributed by atoms with E-state index in [2.05, 4.69) is 5.32 Å². The summed E-state index contributed by atoms with van der Waals surface area (Å²) in [6.45, 7) is 0.465. The molecule has 1 amide bonds. The molecule has 5 nitrogen and oxygen atoms in total. The molecule has 110 valence electrons. The van der Waals surface area contributed by atoms with Crippen molar-refractivity contribution in [2.75, 3.05) is 13.7 Å². The van der Waals surface area contributed by atoms with Crippen molar-refractivity contribution in [3.05, 3.63) is 23.8 Å². The Morgan fingerprint density at radius 2 is 2.15 bits per heavy atom. The Hall–Kier alpha value is -1.75. The third kappa shape index (κ3) is 3.42. The van der Waals surface area contributed by atoms with E-state index in [0.29, 0.717) is 17.9 Å². The summed E-state index contributed by atoms with van der Waals surface area (Å²) in [5.74, 6) is 0.155. The Morgan fingerprint density at radius 3 is 2.80 bits per heavy atom. The van der Waals surface area contributed by atoms with Crippen LogP contribution in [0.25, 0.3) is 0 Å². The van der Waals surface area contributed by atoms with Gasteiger partial charge in [0.2, 0.25) is 0 Å². The van der Waals surface area contributed by atoms with Gasteiger partial charge in [0.1, 0.15) is 0 Å². The first-order valence-electron chi connectivity index (χ1n) is 6.95. The summed E-state index contributed by atoms with van der Waals surface area (Å²) in [6.07, 6.45) is 3.58. The van der Waals surface area contributed by atoms with Crippen molar-refractivity contribution in [2.24, 2.45) is 5.92 Å². The maximum absolute atomic E-state index is 12.0. The zero-order valence-electron chi connectivity index (χ0n) is 11.6. The van der Waals surface area contributed by atoms with Gasteiger partial charge in [-0.1, -0.05) is 12.8 Å². The monoisotopic (exact) mass is 279 g/mol. The van der Waals surface area contributed by atoms with E-state index in [1.54, 1.807) is 12.1 Å². The van der Waals surface area contributed by atoms with Crippen LogP contribution in [0.4, 0.5) is 0 Å². The van der Waals surface area contributed by atoms with Crippen molar-refractivity contribution in [2.45, 2.75) is 31.8 Å². The Balaban J connectivity index is 1.93. The fourth-order valence-electron chi connectivity index (χ4n) is 2.58. The fraction of sp³-hybridized carbons (Fsp3) is 0.533. The van der Waals surface area contributed by atoms with Crippen molar-refractivity contribution in [3.63, 3.8) is 0 Å². The molecule has 0 radical (unpaired) electrons. The molecule has 1 aliphatic rings. The van der Waals surface area contributed by atoms with E-state index in [1.807, 2.05) is 0 Å². The third-order valence-corrected chi connectivity index (χ3v) is 3.83. The number of benzene rings is 1. The van der Waals surface area contributed by atoms with Gasteiger partial charge in [-0.25, -0.2) is 0 Å². The summed E-state index contributed by atoms with van der Waals surface area (Å²) in [5, 5.41) is 22.3. The molecule has 1 fully saturated rings. The summed E-state index contributed by atoms with van der Waals surface area (Å²) in [6, 6.07) is 4.54. The lowest BCUT2D eigenvalue weighted by Gasteiger charge is -2.27. The van der Waals surface area contributed by atoms with Crippen LogP contribution >= 0.6 is 0 Å². The van der Waals surface area contributed by atoms with Gasteiger partial charge in [0.25, 0.3) is 5.91 Å². The van der Waals surface area contributed by atoms with Gasteiger partial charge in [-0.15, -0.1) is 0 Å². The van der Waals surface area contributed by atoms with Crippen LogP contribution in [0.3, 0.4) is 0 Å². The summed E-state index contributed by atoms with van der Waals surface area (Å²) in [4.78, 5) is 12.0. The molecular weight excluding hydrogens is 258 g/mol. The van der Waals surface area contributed by atoms with Crippen LogP contribution < -0.4 is 10.1 Å². The number of nitrogens with one attached hydrogen (secondary N) is 1. The van der Waals surface area contributed by atoms with Crippen LogP contribution in [-0.2, 0) is 0 Å². The SMILES string of the molecule is COc1ccc(C(=O)NCC2CCCCC2O)cc1O. The van der Waals surface area contributed by atoms with E-state index in [9.17, 15) is 15.0 Å². The number of carbonyl (C=O) groups excluding carboxylic acids is 1. The molecule has 1 aromatic rings. The van der Waals surface area contributed by atoms with Crippen LogP contribution in [0, 0.1) is 5.92 Å². The quantitative estimate of drug-likeness (QED) is 0.783. The van der Waals surface area contributed by atoms with Crippen molar-refractivity contribution in [1.29, 1.82) is 0 Å². The predicted molar refractivity (Wildman–Crippen MR) is 75.0 cm³/mol. The Labute approximate surface area is 118 Å². The fourth-order valence-corrected chi connectivity index (χ4v) is 2.58. The average Bonchev–Trinajstić information content (AvgIpc) is 2.46. The van der Waals surface area contributed by atoms with Gasteiger partial charge in [0, 0.05) is 18.0 Å². The molecule has 0 aliphatic heterocycles. The summed E-state index contributed by atoms with van der Waals surface area (Å²) < 4.78 is 4.93. The first kappa shape index (κ1) is 14.7. The number of aromatic hydroxyl groups is 1. The third-order valence-electron chi connectivity index (χ3n) is 3.83. The molecule has 0 bridgehead atoms. The highest BCUT2D eigenvalue weighted by molar-refractivity contribution is 5.94. The summed E-state index contributed by atoms with van der Waals surface area (Å²) in [7, 11) is 1.46. The van der Waals surface area contributed by atoms with Crippen LogP contribution in [0.2, 0.25) is 0 Å². The number of aliphatic hydroxyl groups excluding tert-OH is 1. The minimum atomic E-state index is -0.326. The number of hydrogen-bond acceptors (Lipinski definition) is 4. The lowest BCUT2D eigenvalue weighted by molar-refractivity contribution is 0.0663. The highest BCUT2D eigenvalue weighted by atomic mass is 16.5. The molecule has 2 rings (SSSR count). The van der Waals surface area contributed by atoms with E-state index in [0.717, 1.165) is 25.7 Å². The Morgan fingerprint density at radius 1 is 1.40 bits per heavy atom. The minimum absolute atomic E-state index is 0.0575. The number of carbonyl (C=O) groups is 1. The molecule has 5 heteroatoms. The molecule has 20 heavy (non-hydrogen) atoms. The summed E-state index contributed by atoms with van der Waals surface area (Å²) >= 11 is 0. The summed E-state index contributed by atoms with van der Waals surface area (Å²) in [5.41, 5.74) is 0.383. The molecule has 0 heterocycles. The standard InChI is InChI=1S/C15H21NO4/c1-20-14-7-6-10(8-13(14)18)15(19)16-9-11-4-2-3-5-12(11)17/h6-8,11-12,17-18H,2-5,9H2,1H3,(H,16,19). The number of ether oxygens (including phenoxy) is 1. The topological polar surface area (TPSA) is 78.8 Å². The number of rotatable bonds is 4. The van der Waals surface area contributed by atoms with Crippen LogP contribution in [-0.4, -0.2) is 35.9 Å². The second kappa shape index (κ2) is 6.61. The van der Waals surface area contributed by atoms with E-state index in [4.69, 9.17) is 4.74 Å². The molecule has 1 saturated carbocycles. The van der Waals surface area contributed by atoms with Gasteiger partial charge in [-0.05, 0) is 31.0 Å². The van der Waals surface area contributed by atoms with Crippen molar-refractivity contribution < 1.29 is 19.7 Å². The van der Waals surface area contributed by atoms with Gasteiger partial charge in [-0.2, -0.15) is 0 Å². The first-order valence-corrected chi connectivity index (χ1v) is 6.95. The number of phenolic OH excluding ortho intramolecular Hbond substituents is 1. The van der Waals surface area contributed by atoms with Gasteiger partial charge < -0.3 is 20.3 Å². The van der Waals surface area contributed by atoms with Gasteiger partial charge in [0.15, 0.2) is 11.5 Å². The molecular formula is C15H21NO4. The second-order valence-electron chi connectivity index (χ2n) is 5.21. The average molecular weight is 279 g/mol. The molecule has 3 N–H and O–H groups in total. The first-order chi connectivity index (χ1) is 9.61. The number of aliphatic hydroxyl groups is 1. The van der Waals surface area contributed by atoms with Crippen LogP contribution in [0.5, 0.6) is 11.5 Å². The highest BCUT2D eigenvalue weighted by Gasteiger charge is 2.23. The zero-order valence-corrected chi connectivity index (χ0v) is 11.6.